The Hall–Kier alpha value is -1.85. The van der Waals surface area contributed by atoms with E-state index < -0.39 is 0 Å². The van der Waals surface area contributed by atoms with Crippen molar-refractivity contribution in [2.24, 2.45) is 0 Å². The van der Waals surface area contributed by atoms with Crippen LogP contribution in [0.15, 0.2) is 41.9 Å². The summed E-state index contributed by atoms with van der Waals surface area (Å²) in [5.74, 6) is 0.126. The Kier molecular flexibility index (Phi) is 6.33. The van der Waals surface area contributed by atoms with Crippen LogP contribution in [0.1, 0.15) is 44.2 Å². The van der Waals surface area contributed by atoms with Crippen LogP contribution in [-0.2, 0) is 11.2 Å². The molecule has 1 aliphatic rings. The Morgan fingerprint density at radius 3 is 2.62 bits per heavy atom. The molecule has 1 amide bonds. The number of fused-ring (bicyclic) bond motifs is 1. The summed E-state index contributed by atoms with van der Waals surface area (Å²) >= 11 is 1.59. The average Bonchev–Trinajstić information content (AvgIpc) is 3.10. The van der Waals surface area contributed by atoms with Crippen LogP contribution >= 0.6 is 23.7 Å². The zero-order chi connectivity index (χ0) is 17.1. The third-order valence-electron chi connectivity index (χ3n) is 4.91. The second kappa shape index (κ2) is 8.69. The maximum atomic E-state index is 12.5. The zero-order valence-corrected chi connectivity index (χ0v) is 16.3. The minimum Gasteiger partial charge on any atom is -0.353 e. The summed E-state index contributed by atoms with van der Waals surface area (Å²) in [7, 11) is 0. The Balaban J connectivity index is 0.00000196. The normalized spacial score (nSPS) is 15.4. The number of carbonyl (C=O) groups is 1. The molecule has 2 aromatic heterocycles. The molecule has 0 atom stereocenters. The Morgan fingerprint density at radius 2 is 1.88 bits per heavy atom. The highest BCUT2D eigenvalue weighted by molar-refractivity contribution is 7.15. The maximum absolute atomic E-state index is 12.5. The summed E-state index contributed by atoms with van der Waals surface area (Å²) in [6.45, 7) is 0. The van der Waals surface area contributed by atoms with Gasteiger partial charge in [0.1, 0.15) is 0 Å². The van der Waals surface area contributed by atoms with Crippen LogP contribution < -0.4 is 5.32 Å². The van der Waals surface area contributed by atoms with E-state index >= 15 is 0 Å². The average molecular weight is 390 g/mol. The number of hydrogen-bond donors (Lipinski definition) is 1. The number of aromatic nitrogens is 2. The molecule has 6 heteroatoms. The SMILES string of the molecule is Cl.O=C(Cc1csc2nc(-c3ccccc3)cn12)NC1CCCCCC1. The molecule has 4 rings (SSSR count). The van der Waals surface area contributed by atoms with Crippen molar-refractivity contribution in [2.75, 3.05) is 0 Å². The highest BCUT2D eigenvalue weighted by Crippen LogP contribution is 2.24. The van der Waals surface area contributed by atoms with E-state index in [1.54, 1.807) is 11.3 Å². The van der Waals surface area contributed by atoms with Gasteiger partial charge in [-0.15, -0.1) is 23.7 Å². The molecule has 0 bridgehead atoms. The number of imidazole rings is 1. The minimum absolute atomic E-state index is 0. The first kappa shape index (κ1) is 18.9. The van der Waals surface area contributed by atoms with Gasteiger partial charge < -0.3 is 5.32 Å². The van der Waals surface area contributed by atoms with Crippen molar-refractivity contribution >= 4 is 34.6 Å². The molecule has 0 spiro atoms. The van der Waals surface area contributed by atoms with Gasteiger partial charge in [0.25, 0.3) is 0 Å². The lowest BCUT2D eigenvalue weighted by Crippen LogP contribution is -2.35. The van der Waals surface area contributed by atoms with Gasteiger partial charge in [-0.3, -0.25) is 9.20 Å². The van der Waals surface area contributed by atoms with Crippen LogP contribution in [0.3, 0.4) is 0 Å². The summed E-state index contributed by atoms with van der Waals surface area (Å²) in [4.78, 5) is 18.1. The number of rotatable bonds is 4. The maximum Gasteiger partial charge on any atom is 0.226 e. The molecular formula is C20H24ClN3OS. The van der Waals surface area contributed by atoms with E-state index in [1.807, 2.05) is 29.8 Å². The largest absolute Gasteiger partial charge is 0.353 e. The molecular weight excluding hydrogens is 366 g/mol. The molecule has 3 aromatic rings. The molecule has 1 saturated carbocycles. The van der Waals surface area contributed by atoms with Gasteiger partial charge in [0.05, 0.1) is 12.1 Å². The summed E-state index contributed by atoms with van der Waals surface area (Å²) < 4.78 is 2.06. The molecule has 1 aliphatic carbocycles. The van der Waals surface area contributed by atoms with Crippen molar-refractivity contribution in [3.8, 4) is 11.3 Å². The molecule has 0 radical (unpaired) electrons. The van der Waals surface area contributed by atoms with Crippen LogP contribution in [-0.4, -0.2) is 21.3 Å². The fourth-order valence-electron chi connectivity index (χ4n) is 3.57. The van der Waals surface area contributed by atoms with E-state index in [0.717, 1.165) is 34.8 Å². The first-order valence-corrected chi connectivity index (χ1v) is 9.98. The van der Waals surface area contributed by atoms with Crippen LogP contribution in [0.5, 0.6) is 0 Å². The van der Waals surface area contributed by atoms with Gasteiger partial charge >= 0.3 is 0 Å². The zero-order valence-electron chi connectivity index (χ0n) is 14.7. The van der Waals surface area contributed by atoms with Crippen LogP contribution in [0.2, 0.25) is 0 Å². The lowest BCUT2D eigenvalue weighted by atomic mass is 10.1. The molecule has 26 heavy (non-hydrogen) atoms. The second-order valence-electron chi connectivity index (χ2n) is 6.80. The molecule has 2 heterocycles. The number of nitrogens with zero attached hydrogens (tertiary/aromatic N) is 2. The molecule has 1 fully saturated rings. The monoisotopic (exact) mass is 389 g/mol. The predicted molar refractivity (Wildman–Crippen MR) is 109 cm³/mol. The fraction of sp³-hybridized carbons (Fsp3) is 0.400. The number of nitrogens with one attached hydrogen (secondary N) is 1. The van der Waals surface area contributed by atoms with Crippen molar-refractivity contribution in [1.29, 1.82) is 0 Å². The van der Waals surface area contributed by atoms with Crippen molar-refractivity contribution < 1.29 is 4.79 Å². The van der Waals surface area contributed by atoms with Gasteiger partial charge in [-0.1, -0.05) is 56.0 Å². The van der Waals surface area contributed by atoms with E-state index in [9.17, 15) is 4.79 Å². The molecule has 0 unspecified atom stereocenters. The van der Waals surface area contributed by atoms with E-state index in [2.05, 4.69) is 26.8 Å². The number of carbonyl (C=O) groups excluding carboxylic acids is 1. The van der Waals surface area contributed by atoms with E-state index in [0.29, 0.717) is 12.5 Å². The third-order valence-corrected chi connectivity index (χ3v) is 5.80. The topological polar surface area (TPSA) is 46.4 Å². The van der Waals surface area contributed by atoms with Crippen LogP contribution in [0.4, 0.5) is 0 Å². The standard InChI is InChI=1S/C20H23N3OS.ClH/c24-19(21-16-10-6-1-2-7-11-16)12-17-14-25-20-22-18(13-23(17)20)15-8-4-3-5-9-15;/h3-5,8-9,13-14,16H,1-2,6-7,10-12H2,(H,21,24);1H. The highest BCUT2D eigenvalue weighted by Gasteiger charge is 2.17. The quantitative estimate of drug-likeness (QED) is 0.647. The van der Waals surface area contributed by atoms with Gasteiger partial charge in [-0.25, -0.2) is 4.98 Å². The van der Waals surface area contributed by atoms with Crippen molar-refractivity contribution in [3.05, 3.63) is 47.6 Å². The molecule has 138 valence electrons. The Morgan fingerprint density at radius 1 is 1.15 bits per heavy atom. The highest BCUT2D eigenvalue weighted by atomic mass is 35.5. The van der Waals surface area contributed by atoms with Gasteiger partial charge in [-0.2, -0.15) is 0 Å². The molecule has 4 nitrogen and oxygen atoms in total. The molecule has 1 N–H and O–H groups in total. The smallest absolute Gasteiger partial charge is 0.226 e. The second-order valence-corrected chi connectivity index (χ2v) is 7.64. The summed E-state index contributed by atoms with van der Waals surface area (Å²) in [5.41, 5.74) is 3.07. The number of benzene rings is 1. The third kappa shape index (κ3) is 4.27. The van der Waals surface area contributed by atoms with E-state index in [1.165, 1.54) is 25.7 Å². The van der Waals surface area contributed by atoms with Gasteiger partial charge in [0.2, 0.25) is 5.91 Å². The van der Waals surface area contributed by atoms with E-state index in [4.69, 9.17) is 0 Å². The Labute approximate surface area is 164 Å². The van der Waals surface area contributed by atoms with Crippen LogP contribution in [0.25, 0.3) is 16.2 Å². The first-order valence-electron chi connectivity index (χ1n) is 9.10. The number of halogens is 1. The summed E-state index contributed by atoms with van der Waals surface area (Å²) in [6.07, 6.45) is 9.76. The van der Waals surface area contributed by atoms with Crippen molar-refractivity contribution in [1.82, 2.24) is 14.7 Å². The lowest BCUT2D eigenvalue weighted by Gasteiger charge is -2.15. The van der Waals surface area contributed by atoms with Crippen molar-refractivity contribution in [2.45, 2.75) is 51.0 Å². The lowest BCUT2D eigenvalue weighted by molar-refractivity contribution is -0.121. The predicted octanol–water partition coefficient (Wildman–Crippen LogP) is 4.87. The van der Waals surface area contributed by atoms with E-state index in [-0.39, 0.29) is 18.3 Å². The van der Waals surface area contributed by atoms with Gasteiger partial charge in [0, 0.05) is 28.9 Å². The number of hydrogen-bond acceptors (Lipinski definition) is 3. The fourth-order valence-corrected chi connectivity index (χ4v) is 4.44. The summed E-state index contributed by atoms with van der Waals surface area (Å²) in [5, 5.41) is 5.28. The number of amides is 1. The van der Waals surface area contributed by atoms with Crippen molar-refractivity contribution in [3.63, 3.8) is 0 Å². The number of thiazole rings is 1. The summed E-state index contributed by atoms with van der Waals surface area (Å²) in [6, 6.07) is 10.5. The Bertz CT molecular complexity index is 850. The molecule has 0 aliphatic heterocycles. The minimum atomic E-state index is 0. The van der Waals surface area contributed by atoms with Gasteiger partial charge in [0.15, 0.2) is 4.96 Å². The molecule has 1 aromatic carbocycles. The van der Waals surface area contributed by atoms with Gasteiger partial charge in [-0.05, 0) is 12.8 Å². The molecule has 0 saturated heterocycles. The van der Waals surface area contributed by atoms with Crippen LogP contribution in [0, 0.1) is 0 Å². The first-order chi connectivity index (χ1) is 12.3.